The summed E-state index contributed by atoms with van der Waals surface area (Å²) in [6, 6.07) is 10.1. The summed E-state index contributed by atoms with van der Waals surface area (Å²) in [5.74, 6) is -0.760. The fourth-order valence-corrected chi connectivity index (χ4v) is 2.85. The smallest absolute Gasteiger partial charge is 0.141 e. The molecule has 0 saturated heterocycles. The van der Waals surface area contributed by atoms with Crippen molar-refractivity contribution >= 4 is 11.6 Å². The fourth-order valence-electron chi connectivity index (χ4n) is 2.85. The van der Waals surface area contributed by atoms with Gasteiger partial charge in [-0.2, -0.15) is 5.26 Å². The Kier molecular flexibility index (Phi) is 3.77. The Balaban J connectivity index is 2.04. The van der Waals surface area contributed by atoms with Gasteiger partial charge in [-0.05, 0) is 59.7 Å². The van der Waals surface area contributed by atoms with Crippen LogP contribution in [0.3, 0.4) is 0 Å². The van der Waals surface area contributed by atoms with E-state index in [1.807, 2.05) is 25.1 Å². The quantitative estimate of drug-likeness (QED) is 0.774. The van der Waals surface area contributed by atoms with Gasteiger partial charge in [0.15, 0.2) is 0 Å². The Morgan fingerprint density at radius 1 is 1.09 bits per heavy atom. The predicted octanol–water partition coefficient (Wildman–Crippen LogP) is 4.89. The molecule has 3 heteroatoms. The third-order valence-electron chi connectivity index (χ3n) is 4.13. The number of rotatable bonds is 2. The Labute approximate surface area is 128 Å². The largest absolute Gasteiger partial charge is 0.206 e. The van der Waals surface area contributed by atoms with Crippen molar-refractivity contribution in [2.24, 2.45) is 0 Å². The summed E-state index contributed by atoms with van der Waals surface area (Å²) in [6.45, 7) is 1.99. The minimum atomic E-state index is -0.527. The second-order valence-electron chi connectivity index (χ2n) is 5.48. The molecule has 110 valence electrons. The molecular weight excluding hydrogens is 280 g/mol. The first-order valence-electron chi connectivity index (χ1n) is 7.34. The Hall–Kier alpha value is -2.47. The van der Waals surface area contributed by atoms with Gasteiger partial charge in [-0.25, -0.2) is 8.78 Å². The maximum atomic E-state index is 14.2. The molecule has 0 bridgehead atoms. The van der Waals surface area contributed by atoms with Crippen molar-refractivity contribution in [3.05, 3.63) is 69.8 Å². The molecule has 0 unspecified atom stereocenters. The van der Waals surface area contributed by atoms with E-state index in [0.717, 1.165) is 28.7 Å². The van der Waals surface area contributed by atoms with Gasteiger partial charge in [-0.3, -0.25) is 0 Å². The number of benzene rings is 2. The molecule has 1 aliphatic rings. The van der Waals surface area contributed by atoms with Crippen LogP contribution in [0.2, 0.25) is 0 Å². The molecule has 0 N–H and O–H groups in total. The normalized spacial score (nSPS) is 13.3. The van der Waals surface area contributed by atoms with Gasteiger partial charge in [0.2, 0.25) is 0 Å². The number of nitrogens with zero attached hydrogens (tertiary/aromatic N) is 1. The Bertz CT molecular complexity index is 813. The van der Waals surface area contributed by atoms with E-state index < -0.39 is 5.82 Å². The Morgan fingerprint density at radius 3 is 2.59 bits per heavy atom. The standard InChI is InChI=1S/C19H15F2N/c1-2-12-3-6-17(19(21)7-12)14-5-4-13-8-16(11-22)18(20)10-15(13)9-14/h3,6-10H,2,4-5H2,1H3. The van der Waals surface area contributed by atoms with Crippen LogP contribution in [-0.2, 0) is 12.8 Å². The lowest BCUT2D eigenvalue weighted by Gasteiger charge is -2.18. The molecule has 0 aliphatic heterocycles. The van der Waals surface area contributed by atoms with Crippen LogP contribution in [0.5, 0.6) is 0 Å². The molecule has 1 nitrogen and oxygen atoms in total. The highest BCUT2D eigenvalue weighted by molar-refractivity contribution is 5.84. The molecular formula is C19H15F2N. The third-order valence-corrected chi connectivity index (χ3v) is 4.13. The predicted molar refractivity (Wildman–Crippen MR) is 83.1 cm³/mol. The lowest BCUT2D eigenvalue weighted by molar-refractivity contribution is 0.620. The van der Waals surface area contributed by atoms with E-state index in [2.05, 4.69) is 0 Å². The molecule has 0 spiro atoms. The van der Waals surface area contributed by atoms with Gasteiger partial charge in [0.1, 0.15) is 17.7 Å². The van der Waals surface area contributed by atoms with Crippen molar-refractivity contribution in [1.29, 1.82) is 5.26 Å². The zero-order valence-corrected chi connectivity index (χ0v) is 12.3. The lowest BCUT2D eigenvalue weighted by atomic mass is 9.87. The van der Waals surface area contributed by atoms with Crippen molar-refractivity contribution < 1.29 is 8.78 Å². The maximum Gasteiger partial charge on any atom is 0.141 e. The molecule has 0 heterocycles. The zero-order valence-electron chi connectivity index (χ0n) is 12.3. The summed E-state index contributed by atoms with van der Waals surface area (Å²) in [4.78, 5) is 0. The van der Waals surface area contributed by atoms with Crippen LogP contribution in [0.15, 0.2) is 30.3 Å². The lowest BCUT2D eigenvalue weighted by Crippen LogP contribution is -2.03. The minimum Gasteiger partial charge on any atom is -0.206 e. The molecule has 2 aromatic rings. The molecule has 1 aliphatic carbocycles. The summed E-state index contributed by atoms with van der Waals surface area (Å²) in [7, 11) is 0. The van der Waals surface area contributed by atoms with E-state index in [1.54, 1.807) is 18.2 Å². The van der Waals surface area contributed by atoms with Crippen molar-refractivity contribution in [1.82, 2.24) is 0 Å². The van der Waals surface area contributed by atoms with Gasteiger partial charge < -0.3 is 0 Å². The summed E-state index contributed by atoms with van der Waals surface area (Å²) < 4.78 is 28.0. The van der Waals surface area contributed by atoms with E-state index >= 15 is 0 Å². The molecule has 0 amide bonds. The van der Waals surface area contributed by atoms with Crippen LogP contribution in [-0.4, -0.2) is 0 Å². The van der Waals surface area contributed by atoms with E-state index in [1.165, 1.54) is 6.07 Å². The highest BCUT2D eigenvalue weighted by Gasteiger charge is 2.17. The molecule has 3 rings (SSSR count). The second kappa shape index (κ2) is 5.73. The van der Waals surface area contributed by atoms with Crippen LogP contribution in [0.25, 0.3) is 11.6 Å². The van der Waals surface area contributed by atoms with Crippen molar-refractivity contribution in [2.75, 3.05) is 0 Å². The summed E-state index contributed by atoms with van der Waals surface area (Å²) in [5, 5.41) is 8.88. The average molecular weight is 295 g/mol. The van der Waals surface area contributed by atoms with E-state index in [-0.39, 0.29) is 11.4 Å². The van der Waals surface area contributed by atoms with Crippen molar-refractivity contribution in [3.8, 4) is 6.07 Å². The summed E-state index contributed by atoms with van der Waals surface area (Å²) >= 11 is 0. The first kappa shape index (κ1) is 14.5. The minimum absolute atomic E-state index is 0.0640. The van der Waals surface area contributed by atoms with Crippen LogP contribution in [0.4, 0.5) is 8.78 Å². The SMILES string of the molecule is CCc1ccc(C2=Cc3cc(F)c(C#N)cc3CC2)c(F)c1. The topological polar surface area (TPSA) is 23.8 Å². The van der Waals surface area contributed by atoms with Crippen molar-refractivity contribution in [2.45, 2.75) is 26.2 Å². The maximum absolute atomic E-state index is 14.2. The number of allylic oxidation sites excluding steroid dienone is 1. The van der Waals surface area contributed by atoms with E-state index in [0.29, 0.717) is 18.4 Å². The summed E-state index contributed by atoms with van der Waals surface area (Å²) in [5.41, 5.74) is 4.14. The van der Waals surface area contributed by atoms with Crippen molar-refractivity contribution in [3.63, 3.8) is 0 Å². The van der Waals surface area contributed by atoms with Gasteiger partial charge in [0.25, 0.3) is 0 Å². The van der Waals surface area contributed by atoms with Gasteiger partial charge in [-0.15, -0.1) is 0 Å². The number of aryl methyl sites for hydroxylation is 2. The van der Waals surface area contributed by atoms with Crippen LogP contribution >= 0.6 is 0 Å². The zero-order chi connectivity index (χ0) is 15.7. The fraction of sp³-hybridized carbons (Fsp3) is 0.211. The van der Waals surface area contributed by atoms with Crippen LogP contribution in [0.1, 0.15) is 41.2 Å². The van der Waals surface area contributed by atoms with Gasteiger partial charge in [0.05, 0.1) is 5.56 Å². The van der Waals surface area contributed by atoms with E-state index in [9.17, 15) is 8.78 Å². The first-order chi connectivity index (χ1) is 10.6. The number of halogens is 2. The highest BCUT2D eigenvalue weighted by Crippen LogP contribution is 2.33. The average Bonchev–Trinajstić information content (AvgIpc) is 2.53. The van der Waals surface area contributed by atoms with E-state index in [4.69, 9.17) is 5.26 Å². The van der Waals surface area contributed by atoms with Gasteiger partial charge in [0, 0.05) is 5.56 Å². The monoisotopic (exact) mass is 295 g/mol. The number of nitriles is 1. The molecule has 0 fully saturated rings. The number of fused-ring (bicyclic) bond motifs is 1. The van der Waals surface area contributed by atoms with Gasteiger partial charge >= 0.3 is 0 Å². The number of hydrogen-bond acceptors (Lipinski definition) is 1. The third kappa shape index (κ3) is 2.53. The molecule has 0 saturated carbocycles. The molecule has 0 radical (unpaired) electrons. The molecule has 0 aromatic heterocycles. The summed E-state index contributed by atoms with van der Waals surface area (Å²) in [6.07, 6.45) is 3.99. The highest BCUT2D eigenvalue weighted by atomic mass is 19.1. The Morgan fingerprint density at radius 2 is 1.91 bits per heavy atom. The van der Waals surface area contributed by atoms with Crippen LogP contribution in [0, 0.1) is 23.0 Å². The second-order valence-corrected chi connectivity index (χ2v) is 5.48. The molecule has 22 heavy (non-hydrogen) atoms. The van der Waals surface area contributed by atoms with Gasteiger partial charge in [-0.1, -0.05) is 25.1 Å². The molecule has 0 atom stereocenters. The van der Waals surface area contributed by atoms with Crippen LogP contribution < -0.4 is 0 Å². The molecule has 2 aromatic carbocycles. The number of hydrogen-bond donors (Lipinski definition) is 0. The first-order valence-corrected chi connectivity index (χ1v) is 7.34.